The van der Waals surface area contributed by atoms with E-state index in [1.54, 1.807) is 9.47 Å². The smallest absolute Gasteiger partial charge is 0.270 e. The van der Waals surface area contributed by atoms with Gasteiger partial charge in [0.05, 0.1) is 4.91 Å². The molecule has 3 rings (SSSR count). The zero-order valence-electron chi connectivity index (χ0n) is 21.4. The normalized spacial score (nSPS) is 17.1. The van der Waals surface area contributed by atoms with Crippen molar-refractivity contribution in [2.24, 2.45) is 0 Å². The monoisotopic (exact) mass is 514 g/mol. The van der Waals surface area contributed by atoms with Crippen LogP contribution in [0.2, 0.25) is 0 Å². The Bertz CT molecular complexity index is 1060. The molecule has 1 amide bonds. The number of nitrogens with zero attached hydrogens (tertiary/aromatic N) is 4. The van der Waals surface area contributed by atoms with E-state index in [0.717, 1.165) is 63.0 Å². The van der Waals surface area contributed by atoms with E-state index in [1.165, 1.54) is 37.4 Å². The molecule has 8 heteroatoms. The molecule has 0 saturated carbocycles. The van der Waals surface area contributed by atoms with E-state index < -0.39 is 0 Å². The number of hydrogen-bond donors (Lipinski definition) is 0. The Hall–Kier alpha value is -2.11. The number of pyridine rings is 1. The van der Waals surface area contributed by atoms with Crippen LogP contribution in [0.4, 0.5) is 5.82 Å². The van der Waals surface area contributed by atoms with Gasteiger partial charge in [0.25, 0.3) is 11.5 Å². The van der Waals surface area contributed by atoms with Crippen molar-refractivity contribution < 1.29 is 4.79 Å². The molecular weight excluding hydrogens is 476 g/mol. The average Bonchev–Trinajstić information content (AvgIpc) is 3.46. The van der Waals surface area contributed by atoms with E-state index in [2.05, 4.69) is 24.8 Å². The van der Waals surface area contributed by atoms with Crippen LogP contribution in [0.15, 0.2) is 9.70 Å². The maximum atomic E-state index is 13.3. The summed E-state index contributed by atoms with van der Waals surface area (Å²) in [5, 5.41) is 9.80. The van der Waals surface area contributed by atoms with Crippen LogP contribution in [0, 0.1) is 18.3 Å². The molecule has 6 nitrogen and oxygen atoms in total. The molecule has 0 aliphatic carbocycles. The Morgan fingerprint density at radius 1 is 1.00 bits per heavy atom. The Morgan fingerprint density at radius 2 is 1.66 bits per heavy atom. The molecular formula is C27H38N4O2S2. The highest BCUT2D eigenvalue weighted by Crippen LogP contribution is 2.36. The highest BCUT2D eigenvalue weighted by Gasteiger charge is 2.33. The molecule has 0 aromatic carbocycles. The number of rotatable bonds is 12. The predicted molar refractivity (Wildman–Crippen MR) is 150 cm³/mol. The van der Waals surface area contributed by atoms with Gasteiger partial charge in [0.1, 0.15) is 21.8 Å². The van der Waals surface area contributed by atoms with Gasteiger partial charge in [0.15, 0.2) is 0 Å². The number of carbonyl (C=O) groups is 1. The Labute approximate surface area is 219 Å². The number of nitriles is 1. The lowest BCUT2D eigenvalue weighted by molar-refractivity contribution is -0.122. The van der Waals surface area contributed by atoms with Crippen molar-refractivity contribution >= 4 is 46.1 Å². The van der Waals surface area contributed by atoms with Gasteiger partial charge in [-0.2, -0.15) is 5.26 Å². The van der Waals surface area contributed by atoms with Crippen molar-refractivity contribution in [2.45, 2.75) is 91.5 Å². The van der Waals surface area contributed by atoms with Crippen LogP contribution in [-0.2, 0) is 11.3 Å². The first-order chi connectivity index (χ1) is 16.9. The Balaban J connectivity index is 1.95. The Morgan fingerprint density at radius 3 is 2.31 bits per heavy atom. The highest BCUT2D eigenvalue weighted by atomic mass is 32.2. The third kappa shape index (κ3) is 6.37. The van der Waals surface area contributed by atoms with Crippen molar-refractivity contribution in [3.8, 4) is 6.07 Å². The maximum Gasteiger partial charge on any atom is 0.270 e. The molecule has 2 saturated heterocycles. The van der Waals surface area contributed by atoms with Crippen LogP contribution >= 0.6 is 24.0 Å². The summed E-state index contributed by atoms with van der Waals surface area (Å²) in [5.74, 6) is 0.781. The summed E-state index contributed by atoms with van der Waals surface area (Å²) in [4.78, 5) is 31.1. The number of carbonyl (C=O) groups excluding carboxylic acids is 1. The first-order valence-corrected chi connectivity index (χ1v) is 14.3. The molecule has 190 valence electrons. The minimum atomic E-state index is -0.229. The van der Waals surface area contributed by atoms with Crippen molar-refractivity contribution in [1.29, 1.82) is 5.26 Å². The lowest BCUT2D eigenvalue weighted by atomic mass is 10.0. The minimum absolute atomic E-state index is 0.0647. The number of hydrogen-bond acceptors (Lipinski definition) is 6. The molecule has 0 bridgehead atoms. The average molecular weight is 515 g/mol. The summed E-state index contributed by atoms with van der Waals surface area (Å²) in [6, 6.07) is 2.13. The lowest BCUT2D eigenvalue weighted by Crippen LogP contribution is -2.33. The third-order valence-corrected chi connectivity index (χ3v) is 8.25. The highest BCUT2D eigenvalue weighted by molar-refractivity contribution is 8.26. The summed E-state index contributed by atoms with van der Waals surface area (Å²) in [5.41, 5.74) is 1.39. The summed E-state index contributed by atoms with van der Waals surface area (Å²) < 4.78 is 2.36. The van der Waals surface area contributed by atoms with Crippen molar-refractivity contribution in [3.63, 3.8) is 0 Å². The molecule has 0 unspecified atom stereocenters. The Kier molecular flexibility index (Phi) is 10.4. The quantitative estimate of drug-likeness (QED) is 0.194. The van der Waals surface area contributed by atoms with Gasteiger partial charge < -0.3 is 4.90 Å². The molecule has 3 heterocycles. The lowest BCUT2D eigenvalue weighted by Gasteiger charge is -2.27. The van der Waals surface area contributed by atoms with Gasteiger partial charge in [0.2, 0.25) is 0 Å². The van der Waals surface area contributed by atoms with E-state index in [-0.39, 0.29) is 17.0 Å². The standard InChI is InChI=1S/C27H38N4O2S2/c1-4-6-8-9-10-11-17-31-26(33)23(35-27(31)34)18-21-20(3)22(19-28)25(32)30(16-7-5-2)24(21)29-14-12-13-15-29/h18H,4-17H2,1-3H3/b23-18+. The molecule has 1 aromatic rings. The van der Waals surface area contributed by atoms with Gasteiger partial charge in [-0.3, -0.25) is 19.1 Å². The van der Waals surface area contributed by atoms with Gasteiger partial charge in [-0.1, -0.05) is 76.4 Å². The third-order valence-electron chi connectivity index (χ3n) is 6.87. The molecule has 0 atom stereocenters. The topological polar surface area (TPSA) is 69.3 Å². The molecule has 2 aliphatic rings. The van der Waals surface area contributed by atoms with Gasteiger partial charge in [-0.25, -0.2) is 0 Å². The van der Waals surface area contributed by atoms with Crippen molar-refractivity contribution in [2.75, 3.05) is 24.5 Å². The second-order valence-electron chi connectivity index (χ2n) is 9.45. The SMILES string of the molecule is CCCCCCCCN1C(=O)/C(=C\c2c(C)c(C#N)c(=O)n(CCCC)c2N2CCCC2)SC1=S. The summed E-state index contributed by atoms with van der Waals surface area (Å²) >= 11 is 6.90. The van der Waals surface area contributed by atoms with Gasteiger partial charge in [-0.15, -0.1) is 0 Å². The molecule has 1 aromatic heterocycles. The van der Waals surface area contributed by atoms with Crippen LogP contribution < -0.4 is 10.5 Å². The largest absolute Gasteiger partial charge is 0.357 e. The first-order valence-electron chi connectivity index (χ1n) is 13.1. The molecule has 0 spiro atoms. The van der Waals surface area contributed by atoms with Crippen molar-refractivity contribution in [3.05, 3.63) is 31.9 Å². The van der Waals surface area contributed by atoms with Crippen LogP contribution in [0.1, 0.15) is 94.7 Å². The van der Waals surface area contributed by atoms with Crippen LogP contribution in [0.3, 0.4) is 0 Å². The van der Waals surface area contributed by atoms with Crippen molar-refractivity contribution in [1.82, 2.24) is 9.47 Å². The number of unbranched alkanes of at least 4 members (excludes halogenated alkanes) is 6. The fourth-order valence-corrected chi connectivity index (χ4v) is 6.10. The van der Waals surface area contributed by atoms with E-state index >= 15 is 0 Å². The molecule has 0 N–H and O–H groups in total. The first kappa shape index (κ1) is 27.5. The molecule has 0 radical (unpaired) electrons. The number of thiocarbonyl (C=S) groups is 1. The zero-order valence-corrected chi connectivity index (χ0v) is 23.0. The van der Waals surface area contributed by atoms with Crippen LogP contribution in [-0.4, -0.2) is 39.3 Å². The number of amides is 1. The van der Waals surface area contributed by atoms with Gasteiger partial charge >= 0.3 is 0 Å². The fraction of sp³-hybridized carbons (Fsp3) is 0.630. The number of thioether (sulfide) groups is 1. The maximum absolute atomic E-state index is 13.3. The second kappa shape index (κ2) is 13.3. The number of aromatic nitrogens is 1. The van der Waals surface area contributed by atoms with Gasteiger partial charge in [-0.05, 0) is 44.2 Å². The molecule has 35 heavy (non-hydrogen) atoms. The van der Waals surface area contributed by atoms with E-state index in [4.69, 9.17) is 12.2 Å². The summed E-state index contributed by atoms with van der Waals surface area (Å²) in [6.07, 6.45) is 12.8. The van der Waals surface area contributed by atoms with E-state index in [9.17, 15) is 14.9 Å². The van der Waals surface area contributed by atoms with Crippen LogP contribution in [0.25, 0.3) is 6.08 Å². The second-order valence-corrected chi connectivity index (χ2v) is 11.1. The minimum Gasteiger partial charge on any atom is -0.357 e. The predicted octanol–water partition coefficient (Wildman–Crippen LogP) is 5.99. The fourth-order valence-electron chi connectivity index (χ4n) is 4.81. The number of anilines is 1. The molecule has 2 fully saturated rings. The van der Waals surface area contributed by atoms with Crippen LogP contribution in [0.5, 0.6) is 0 Å². The van der Waals surface area contributed by atoms with E-state index in [0.29, 0.717) is 27.9 Å². The summed E-state index contributed by atoms with van der Waals surface area (Å²) in [6.45, 7) is 9.08. The summed E-state index contributed by atoms with van der Waals surface area (Å²) in [7, 11) is 0. The van der Waals surface area contributed by atoms with Gasteiger partial charge in [0, 0.05) is 31.7 Å². The van der Waals surface area contributed by atoms with E-state index in [1.807, 2.05) is 13.0 Å². The molecule has 2 aliphatic heterocycles. The zero-order chi connectivity index (χ0) is 25.4.